The van der Waals surface area contributed by atoms with E-state index < -0.39 is 5.41 Å². The zero-order valence-electron chi connectivity index (χ0n) is 17.6. The van der Waals surface area contributed by atoms with Crippen molar-refractivity contribution in [2.45, 2.75) is 43.7 Å². The number of para-hydroxylation sites is 2. The van der Waals surface area contributed by atoms with Crippen LogP contribution >= 0.6 is 0 Å². The van der Waals surface area contributed by atoms with Gasteiger partial charge in [0.15, 0.2) is 11.5 Å². The fourth-order valence-electron chi connectivity index (χ4n) is 5.18. The molecule has 3 aliphatic rings. The van der Waals surface area contributed by atoms with Gasteiger partial charge in [0, 0.05) is 25.7 Å². The molecule has 30 heavy (non-hydrogen) atoms. The predicted molar refractivity (Wildman–Crippen MR) is 116 cm³/mol. The number of hydrogen-bond donors (Lipinski definition) is 0. The van der Waals surface area contributed by atoms with Crippen LogP contribution in [0.4, 0.5) is 0 Å². The standard InChI is InChI=1S/C25H30N2O3/c1-25(19-8-3-2-4-9-19)13-15-27(24(25)28)20-10-7-14-26(16-20)17-21-18-29-22-11-5-6-12-23(22)30-21/h2-6,8-9,11-12,20-21H,7,10,13-18H2,1H3. The maximum Gasteiger partial charge on any atom is 0.233 e. The SMILES string of the molecule is CC1(c2ccccc2)CCN(C2CCCN(CC3COc4ccccc4O3)C2)C1=O. The van der Waals surface area contributed by atoms with Crippen molar-refractivity contribution >= 4 is 5.91 Å². The van der Waals surface area contributed by atoms with Gasteiger partial charge in [0.25, 0.3) is 0 Å². The summed E-state index contributed by atoms with van der Waals surface area (Å²) in [6, 6.07) is 18.4. The predicted octanol–water partition coefficient (Wildman–Crippen LogP) is 3.48. The lowest BCUT2D eigenvalue weighted by atomic mass is 9.81. The Hall–Kier alpha value is -2.53. The normalized spacial score (nSPS) is 29.2. The van der Waals surface area contributed by atoms with Gasteiger partial charge in [-0.2, -0.15) is 0 Å². The molecule has 3 aliphatic heterocycles. The molecule has 2 saturated heterocycles. The second kappa shape index (κ2) is 7.95. The first kappa shape index (κ1) is 19.4. The third-order valence-electron chi connectivity index (χ3n) is 6.95. The first-order valence-corrected chi connectivity index (χ1v) is 11.1. The lowest BCUT2D eigenvalue weighted by molar-refractivity contribution is -0.135. The van der Waals surface area contributed by atoms with Crippen LogP contribution in [0.1, 0.15) is 31.7 Å². The molecule has 2 aromatic carbocycles. The summed E-state index contributed by atoms with van der Waals surface area (Å²) in [5, 5.41) is 0. The number of rotatable bonds is 4. The Morgan fingerprint density at radius 3 is 2.63 bits per heavy atom. The van der Waals surface area contributed by atoms with E-state index in [0.717, 1.165) is 62.5 Å². The van der Waals surface area contributed by atoms with Crippen LogP contribution in [0.25, 0.3) is 0 Å². The Bertz CT molecular complexity index is 902. The topological polar surface area (TPSA) is 42.0 Å². The van der Waals surface area contributed by atoms with Crippen molar-refractivity contribution in [2.24, 2.45) is 0 Å². The third-order valence-corrected chi connectivity index (χ3v) is 6.95. The zero-order chi connectivity index (χ0) is 20.6. The van der Waals surface area contributed by atoms with Crippen molar-refractivity contribution in [2.75, 3.05) is 32.8 Å². The number of piperidine rings is 1. The van der Waals surface area contributed by atoms with Gasteiger partial charge in [0.2, 0.25) is 5.91 Å². The molecule has 0 saturated carbocycles. The van der Waals surface area contributed by atoms with E-state index in [2.05, 4.69) is 28.9 Å². The smallest absolute Gasteiger partial charge is 0.233 e. The van der Waals surface area contributed by atoms with Crippen LogP contribution in [0.2, 0.25) is 0 Å². The first-order valence-electron chi connectivity index (χ1n) is 11.1. The summed E-state index contributed by atoms with van der Waals surface area (Å²) < 4.78 is 12.0. The Labute approximate surface area is 178 Å². The molecule has 3 heterocycles. The summed E-state index contributed by atoms with van der Waals surface area (Å²) in [7, 11) is 0. The van der Waals surface area contributed by atoms with E-state index in [1.807, 2.05) is 42.5 Å². The Morgan fingerprint density at radius 1 is 1.03 bits per heavy atom. The second-order valence-corrected chi connectivity index (χ2v) is 9.00. The molecule has 1 amide bonds. The van der Waals surface area contributed by atoms with Crippen LogP contribution in [0.3, 0.4) is 0 Å². The number of hydrogen-bond acceptors (Lipinski definition) is 4. The highest BCUT2D eigenvalue weighted by Crippen LogP contribution is 2.37. The summed E-state index contributed by atoms with van der Waals surface area (Å²) in [4.78, 5) is 18.0. The number of amides is 1. The molecule has 0 N–H and O–H groups in total. The highest BCUT2D eigenvalue weighted by atomic mass is 16.6. The Balaban J connectivity index is 1.23. The van der Waals surface area contributed by atoms with Crippen molar-refractivity contribution in [1.29, 1.82) is 0 Å². The molecule has 0 aromatic heterocycles. The second-order valence-electron chi connectivity index (χ2n) is 9.00. The molecule has 0 radical (unpaired) electrons. The number of fused-ring (bicyclic) bond motifs is 1. The highest BCUT2D eigenvalue weighted by molar-refractivity contribution is 5.90. The van der Waals surface area contributed by atoms with Gasteiger partial charge in [0.05, 0.1) is 5.41 Å². The van der Waals surface area contributed by atoms with Crippen LogP contribution in [-0.4, -0.2) is 60.6 Å². The van der Waals surface area contributed by atoms with Crippen molar-refractivity contribution in [1.82, 2.24) is 9.80 Å². The minimum Gasteiger partial charge on any atom is -0.486 e. The highest BCUT2D eigenvalue weighted by Gasteiger charge is 2.46. The average Bonchev–Trinajstić information content (AvgIpc) is 3.10. The average molecular weight is 407 g/mol. The molecule has 3 unspecified atom stereocenters. The van der Waals surface area contributed by atoms with Gasteiger partial charge < -0.3 is 14.4 Å². The zero-order valence-corrected chi connectivity index (χ0v) is 17.6. The van der Waals surface area contributed by atoms with E-state index in [9.17, 15) is 4.79 Å². The van der Waals surface area contributed by atoms with Crippen molar-refractivity contribution in [3.63, 3.8) is 0 Å². The molecule has 5 rings (SSSR count). The van der Waals surface area contributed by atoms with Crippen molar-refractivity contribution < 1.29 is 14.3 Å². The molecule has 3 atom stereocenters. The summed E-state index contributed by atoms with van der Waals surface area (Å²) in [6.07, 6.45) is 3.11. The minimum atomic E-state index is -0.395. The van der Waals surface area contributed by atoms with Gasteiger partial charge in [-0.25, -0.2) is 0 Å². The van der Waals surface area contributed by atoms with Gasteiger partial charge in [-0.05, 0) is 50.4 Å². The van der Waals surface area contributed by atoms with E-state index in [1.54, 1.807) is 0 Å². The molecule has 2 aromatic rings. The summed E-state index contributed by atoms with van der Waals surface area (Å²) in [5.74, 6) is 1.94. The van der Waals surface area contributed by atoms with Crippen LogP contribution < -0.4 is 9.47 Å². The summed E-state index contributed by atoms with van der Waals surface area (Å²) >= 11 is 0. The van der Waals surface area contributed by atoms with Gasteiger partial charge in [-0.1, -0.05) is 42.5 Å². The van der Waals surface area contributed by atoms with Gasteiger partial charge in [0.1, 0.15) is 12.7 Å². The van der Waals surface area contributed by atoms with E-state index in [0.29, 0.717) is 6.61 Å². The van der Waals surface area contributed by atoms with Gasteiger partial charge in [-0.15, -0.1) is 0 Å². The van der Waals surface area contributed by atoms with Crippen LogP contribution in [0, 0.1) is 0 Å². The fourth-order valence-corrected chi connectivity index (χ4v) is 5.18. The van der Waals surface area contributed by atoms with Gasteiger partial charge >= 0.3 is 0 Å². The number of likely N-dealkylation sites (tertiary alicyclic amines) is 2. The Morgan fingerprint density at radius 2 is 1.80 bits per heavy atom. The molecule has 0 aliphatic carbocycles. The lowest BCUT2D eigenvalue weighted by Gasteiger charge is -2.40. The molecule has 158 valence electrons. The number of nitrogens with zero attached hydrogens (tertiary/aromatic N) is 2. The van der Waals surface area contributed by atoms with E-state index >= 15 is 0 Å². The number of carbonyl (C=O) groups excluding carboxylic acids is 1. The maximum absolute atomic E-state index is 13.4. The Kier molecular flexibility index (Phi) is 5.15. The lowest BCUT2D eigenvalue weighted by Crippen LogP contribution is -2.52. The first-order chi connectivity index (χ1) is 14.6. The van der Waals surface area contributed by atoms with E-state index in [1.165, 1.54) is 0 Å². The van der Waals surface area contributed by atoms with E-state index in [-0.39, 0.29) is 18.1 Å². The summed E-state index contributed by atoms with van der Waals surface area (Å²) in [5.41, 5.74) is 0.740. The molecular weight excluding hydrogens is 376 g/mol. The molecule has 5 nitrogen and oxygen atoms in total. The van der Waals surface area contributed by atoms with Gasteiger partial charge in [-0.3, -0.25) is 9.69 Å². The third kappa shape index (κ3) is 3.56. The molecule has 2 fully saturated rings. The molecule has 0 spiro atoms. The molecule has 5 heteroatoms. The van der Waals surface area contributed by atoms with Crippen molar-refractivity contribution in [3.8, 4) is 11.5 Å². The monoisotopic (exact) mass is 406 g/mol. The van der Waals surface area contributed by atoms with Crippen molar-refractivity contribution in [3.05, 3.63) is 60.2 Å². The quantitative estimate of drug-likeness (QED) is 0.780. The van der Waals surface area contributed by atoms with Crippen LogP contribution in [0.15, 0.2) is 54.6 Å². The molecule has 0 bridgehead atoms. The minimum absolute atomic E-state index is 0.0301. The van der Waals surface area contributed by atoms with E-state index in [4.69, 9.17) is 9.47 Å². The number of ether oxygens (including phenoxy) is 2. The summed E-state index contributed by atoms with van der Waals surface area (Å²) in [6.45, 7) is 6.33. The number of benzene rings is 2. The van der Waals surface area contributed by atoms with Crippen LogP contribution in [0.5, 0.6) is 11.5 Å². The molecular formula is C25H30N2O3. The number of carbonyl (C=O) groups is 1. The maximum atomic E-state index is 13.4. The fraction of sp³-hybridized carbons (Fsp3) is 0.480. The van der Waals surface area contributed by atoms with Crippen LogP contribution in [-0.2, 0) is 10.2 Å². The largest absolute Gasteiger partial charge is 0.486 e.